The van der Waals surface area contributed by atoms with E-state index in [1.165, 1.54) is 26.1 Å². The predicted molar refractivity (Wildman–Crippen MR) is 161 cm³/mol. The maximum absolute atomic E-state index is 13.7. The van der Waals surface area contributed by atoms with E-state index in [-0.39, 0.29) is 23.4 Å². The monoisotopic (exact) mass is 593 g/mol. The molecule has 10 heteroatoms. The predicted octanol–water partition coefficient (Wildman–Crippen LogP) is 5.20. The molecule has 1 N–H and O–H groups in total. The van der Waals surface area contributed by atoms with Gasteiger partial charge in [0.2, 0.25) is 0 Å². The Morgan fingerprint density at radius 3 is 2.50 bits per heavy atom. The number of nitrogens with one attached hydrogen (secondary N) is 1. The number of nitrogens with zero attached hydrogens (tertiary/aromatic N) is 2. The highest BCUT2D eigenvalue weighted by Gasteiger charge is 2.70. The molecular formula is C32H39N3O6S. The largest absolute Gasteiger partial charge is 0.497 e. The number of rotatable bonds is 7. The van der Waals surface area contributed by atoms with Crippen LogP contribution in [0.15, 0.2) is 36.4 Å². The third kappa shape index (κ3) is 4.33. The quantitative estimate of drug-likeness (QED) is 0.378. The molecule has 0 spiro atoms. The molecule has 2 saturated carbocycles. The van der Waals surface area contributed by atoms with Gasteiger partial charge >= 0.3 is 16.2 Å². The van der Waals surface area contributed by atoms with Crippen LogP contribution in [0.2, 0.25) is 0 Å². The van der Waals surface area contributed by atoms with Crippen LogP contribution in [-0.2, 0) is 26.3 Å². The van der Waals surface area contributed by atoms with Crippen LogP contribution in [0.3, 0.4) is 0 Å². The van der Waals surface area contributed by atoms with Crippen LogP contribution in [0.5, 0.6) is 5.75 Å². The van der Waals surface area contributed by atoms with E-state index in [1.54, 1.807) is 19.2 Å². The van der Waals surface area contributed by atoms with Crippen molar-refractivity contribution < 1.29 is 27.5 Å². The Kier molecular flexibility index (Phi) is 7.13. The number of aromatic nitrogens is 1. The average Bonchev–Trinajstić information content (AvgIpc) is 3.49. The number of amides is 1. The Morgan fingerprint density at radius 1 is 1.10 bits per heavy atom. The van der Waals surface area contributed by atoms with Gasteiger partial charge in [-0.05, 0) is 73.1 Å². The summed E-state index contributed by atoms with van der Waals surface area (Å²) in [6.45, 7) is 4.64. The van der Waals surface area contributed by atoms with E-state index in [2.05, 4.69) is 28.3 Å². The van der Waals surface area contributed by atoms with Gasteiger partial charge in [-0.1, -0.05) is 32.3 Å². The van der Waals surface area contributed by atoms with Crippen LogP contribution < -0.4 is 9.46 Å². The molecule has 2 fully saturated rings. The van der Waals surface area contributed by atoms with Gasteiger partial charge in [-0.3, -0.25) is 9.59 Å². The van der Waals surface area contributed by atoms with Crippen molar-refractivity contribution in [3.8, 4) is 17.0 Å². The van der Waals surface area contributed by atoms with E-state index in [4.69, 9.17) is 9.47 Å². The number of benzene rings is 2. The first-order valence-corrected chi connectivity index (χ1v) is 16.2. The van der Waals surface area contributed by atoms with Crippen molar-refractivity contribution in [1.29, 1.82) is 0 Å². The third-order valence-corrected chi connectivity index (χ3v) is 11.2. The normalized spacial score (nSPS) is 23.5. The van der Waals surface area contributed by atoms with E-state index in [1.807, 2.05) is 19.1 Å². The highest BCUT2D eigenvalue weighted by molar-refractivity contribution is 7.87. The molecule has 2 aliphatic carbocycles. The summed E-state index contributed by atoms with van der Waals surface area (Å²) in [5, 5.41) is 1.04. The Balaban J connectivity index is 1.62. The lowest BCUT2D eigenvalue weighted by atomic mass is 9.81. The maximum Gasteiger partial charge on any atom is 0.314 e. The molecule has 2 aromatic carbocycles. The van der Waals surface area contributed by atoms with Crippen LogP contribution in [0, 0.1) is 11.3 Å². The summed E-state index contributed by atoms with van der Waals surface area (Å²) in [5.41, 5.74) is 4.80. The first-order chi connectivity index (χ1) is 20.0. The van der Waals surface area contributed by atoms with Gasteiger partial charge in [0.15, 0.2) is 0 Å². The maximum atomic E-state index is 13.7. The number of ether oxygens (including phenoxy) is 2. The van der Waals surface area contributed by atoms with Crippen molar-refractivity contribution in [1.82, 2.24) is 13.6 Å². The van der Waals surface area contributed by atoms with Crippen LogP contribution in [0.25, 0.3) is 22.2 Å². The minimum atomic E-state index is -3.96. The second-order valence-electron chi connectivity index (χ2n) is 12.1. The first-order valence-electron chi connectivity index (χ1n) is 14.8. The molecule has 0 saturated heterocycles. The summed E-state index contributed by atoms with van der Waals surface area (Å²) < 4.78 is 41.6. The smallest absolute Gasteiger partial charge is 0.314 e. The molecule has 6 rings (SSSR count). The third-order valence-electron chi connectivity index (χ3n) is 9.76. The number of hydrogen-bond donors (Lipinski definition) is 1. The van der Waals surface area contributed by atoms with Gasteiger partial charge in [-0.2, -0.15) is 12.7 Å². The Labute approximate surface area is 247 Å². The topological polar surface area (TPSA) is 107 Å². The first kappa shape index (κ1) is 28.7. The fourth-order valence-corrected chi connectivity index (χ4v) is 8.04. The molecule has 2 heterocycles. The number of hydrogen-bond acceptors (Lipinski definition) is 6. The standard InChI is InChI=1S/C32H39N3O6S/c1-6-41-31(37)32-18-35-26-16-21(30(36)33-42(38,39)34(3)4)12-14-24(26)27(20-10-8-7-9-11-20)29(35)23-15-13-22(40-5)17-25(23)28(32)19(32)2/h12-17,19-20,28H,6-11,18H2,1-5H3,(H,33,36)/t19-,28?,32?/m0/s1. The zero-order valence-electron chi connectivity index (χ0n) is 24.9. The average molecular weight is 594 g/mol. The lowest BCUT2D eigenvalue weighted by Gasteiger charge is -2.24. The number of carbonyl (C=O) groups is 2. The lowest BCUT2D eigenvalue weighted by molar-refractivity contribution is -0.151. The van der Waals surface area contributed by atoms with Gasteiger partial charge in [-0.15, -0.1) is 0 Å². The van der Waals surface area contributed by atoms with Crippen LogP contribution >= 0.6 is 0 Å². The molecule has 224 valence electrons. The van der Waals surface area contributed by atoms with Crippen molar-refractivity contribution in [2.45, 2.75) is 64.3 Å². The fourth-order valence-electron chi connectivity index (χ4n) is 7.51. The van der Waals surface area contributed by atoms with Gasteiger partial charge in [0.1, 0.15) is 5.75 Å². The summed E-state index contributed by atoms with van der Waals surface area (Å²) in [6, 6.07) is 11.6. The minimum absolute atomic E-state index is 0.0347. The number of carbonyl (C=O) groups excluding carboxylic acids is 2. The summed E-state index contributed by atoms with van der Waals surface area (Å²) in [4.78, 5) is 26.9. The van der Waals surface area contributed by atoms with Gasteiger partial charge in [0, 0.05) is 48.6 Å². The van der Waals surface area contributed by atoms with Gasteiger partial charge in [0.25, 0.3) is 5.91 Å². The molecule has 0 radical (unpaired) electrons. The zero-order chi connectivity index (χ0) is 30.0. The highest BCUT2D eigenvalue weighted by atomic mass is 32.2. The van der Waals surface area contributed by atoms with Crippen molar-refractivity contribution in [3.63, 3.8) is 0 Å². The lowest BCUT2D eigenvalue weighted by Crippen LogP contribution is -2.39. The van der Waals surface area contributed by atoms with Crippen molar-refractivity contribution in [3.05, 3.63) is 53.1 Å². The van der Waals surface area contributed by atoms with Gasteiger partial charge < -0.3 is 14.0 Å². The molecule has 2 unspecified atom stereocenters. The SMILES string of the molecule is CCOC(=O)C12Cn3c(c(C4CCCCC4)c4ccc(C(=O)NS(=O)(=O)N(C)C)cc43)-c3ccc(OC)cc3C1[C@@H]2C. The summed E-state index contributed by atoms with van der Waals surface area (Å²) in [6.07, 6.45) is 5.67. The Morgan fingerprint density at radius 2 is 1.83 bits per heavy atom. The number of esters is 1. The molecule has 9 nitrogen and oxygen atoms in total. The molecule has 3 atom stereocenters. The summed E-state index contributed by atoms with van der Waals surface area (Å²) in [5.74, 6) is 0.186. The van der Waals surface area contributed by atoms with Crippen LogP contribution in [-0.4, -0.2) is 57.0 Å². The van der Waals surface area contributed by atoms with Gasteiger partial charge in [-0.25, -0.2) is 4.72 Å². The Bertz CT molecular complexity index is 1690. The molecule has 1 aromatic heterocycles. The molecule has 0 bridgehead atoms. The fraction of sp³-hybridized carbons (Fsp3) is 0.500. The molecule has 1 aliphatic heterocycles. The van der Waals surface area contributed by atoms with Crippen molar-refractivity contribution in [2.24, 2.45) is 11.3 Å². The van der Waals surface area contributed by atoms with E-state index in [0.717, 1.165) is 63.5 Å². The number of fused-ring (bicyclic) bond motifs is 7. The van der Waals surface area contributed by atoms with Crippen LogP contribution in [0.4, 0.5) is 0 Å². The molecule has 1 amide bonds. The molecule has 3 aromatic rings. The second kappa shape index (κ2) is 10.4. The van der Waals surface area contributed by atoms with Gasteiger partial charge in [0.05, 0.1) is 24.8 Å². The van der Waals surface area contributed by atoms with E-state index in [9.17, 15) is 18.0 Å². The van der Waals surface area contributed by atoms with Crippen molar-refractivity contribution >= 4 is 33.0 Å². The Hall–Kier alpha value is -3.37. The van der Waals surface area contributed by atoms with Crippen LogP contribution in [0.1, 0.15) is 79.3 Å². The zero-order valence-corrected chi connectivity index (χ0v) is 25.7. The highest BCUT2D eigenvalue weighted by Crippen LogP contribution is 2.70. The van der Waals surface area contributed by atoms with E-state index in [0.29, 0.717) is 19.1 Å². The summed E-state index contributed by atoms with van der Waals surface area (Å²) >= 11 is 0. The second-order valence-corrected chi connectivity index (χ2v) is 14.0. The molecule has 3 aliphatic rings. The summed E-state index contributed by atoms with van der Waals surface area (Å²) in [7, 11) is 0.434. The van der Waals surface area contributed by atoms with E-state index < -0.39 is 21.5 Å². The molecule has 42 heavy (non-hydrogen) atoms. The number of methoxy groups -OCH3 is 1. The minimum Gasteiger partial charge on any atom is -0.497 e. The molecular weight excluding hydrogens is 554 g/mol. The van der Waals surface area contributed by atoms with E-state index >= 15 is 0 Å². The van der Waals surface area contributed by atoms with Crippen molar-refractivity contribution in [2.75, 3.05) is 27.8 Å².